The van der Waals surface area contributed by atoms with Gasteiger partial charge in [0.1, 0.15) is 7.85 Å². The molecule has 0 heterocycles. The first-order chi connectivity index (χ1) is 3.72. The van der Waals surface area contributed by atoms with Crippen molar-refractivity contribution in [3.05, 3.63) is 0 Å². The average Bonchev–Trinajstić information content (AvgIpc) is 1.98. The summed E-state index contributed by atoms with van der Waals surface area (Å²) >= 11 is 0. The molecule has 1 aliphatic rings. The predicted molar refractivity (Wildman–Crippen MR) is 38.7 cm³/mol. The fourth-order valence-corrected chi connectivity index (χ4v) is 1.40. The molecular formula is C6H14BN. The first-order valence-electron chi connectivity index (χ1n) is 3.47. The van der Waals surface area contributed by atoms with E-state index in [1.54, 1.807) is 0 Å². The zero-order chi connectivity index (χ0) is 6.15. The van der Waals surface area contributed by atoms with E-state index >= 15 is 0 Å². The Morgan fingerprint density at radius 3 is 2.25 bits per heavy atom. The van der Waals surface area contributed by atoms with E-state index < -0.39 is 0 Å². The van der Waals surface area contributed by atoms with Crippen LogP contribution in [0.3, 0.4) is 0 Å². The molecule has 2 N–H and O–H groups in total. The molecule has 3 unspecified atom stereocenters. The van der Waals surface area contributed by atoms with Gasteiger partial charge in [-0.25, -0.2) is 0 Å². The molecule has 3 atom stereocenters. The maximum absolute atomic E-state index is 5.77. The molecule has 0 aliphatic heterocycles. The minimum Gasteiger partial charge on any atom is -0.328 e. The number of hydrogen-bond acceptors (Lipinski definition) is 1. The highest BCUT2D eigenvalue weighted by molar-refractivity contribution is 6.12. The van der Waals surface area contributed by atoms with Crippen LogP contribution in [0.15, 0.2) is 0 Å². The van der Waals surface area contributed by atoms with Crippen LogP contribution in [-0.4, -0.2) is 13.9 Å². The Morgan fingerprint density at radius 2 is 2.12 bits per heavy atom. The Balaban J connectivity index is 2.44. The van der Waals surface area contributed by atoms with Gasteiger partial charge in [0.25, 0.3) is 0 Å². The highest BCUT2D eigenvalue weighted by Crippen LogP contribution is 2.32. The minimum absolute atomic E-state index is 0.491. The van der Waals surface area contributed by atoms with Gasteiger partial charge in [0, 0.05) is 0 Å². The smallest absolute Gasteiger partial charge is 0.107 e. The van der Waals surface area contributed by atoms with Crippen molar-refractivity contribution in [1.29, 1.82) is 0 Å². The Morgan fingerprint density at radius 1 is 1.50 bits per heavy atom. The van der Waals surface area contributed by atoms with Gasteiger partial charge < -0.3 is 5.73 Å². The van der Waals surface area contributed by atoms with Crippen LogP contribution < -0.4 is 5.73 Å². The van der Waals surface area contributed by atoms with E-state index in [9.17, 15) is 0 Å². The minimum atomic E-state index is 0.491. The summed E-state index contributed by atoms with van der Waals surface area (Å²) in [7, 11) is 2.25. The van der Waals surface area contributed by atoms with Gasteiger partial charge in [-0.05, 0) is 24.8 Å². The molecule has 0 radical (unpaired) electrons. The Kier molecular flexibility index (Phi) is 1.61. The third-order valence-corrected chi connectivity index (χ3v) is 2.53. The number of nitrogens with two attached hydrogens (primary N) is 1. The van der Waals surface area contributed by atoms with Gasteiger partial charge in [0.05, 0.1) is 0 Å². The fraction of sp³-hybridized carbons (Fsp3) is 1.00. The van der Waals surface area contributed by atoms with Gasteiger partial charge in [-0.15, -0.1) is 0 Å². The predicted octanol–water partition coefficient (Wildman–Crippen LogP) is 0.165. The van der Waals surface area contributed by atoms with Crippen LogP contribution in [0.25, 0.3) is 0 Å². The standard InChI is InChI=1S/C6H14BN/c1-4-2-3-5(8)6(4)7/h4-6H,2-3,7-8H2,1H3. The zero-order valence-electron chi connectivity index (χ0n) is 5.72. The first kappa shape index (κ1) is 6.15. The molecule has 0 aromatic heterocycles. The summed E-state index contributed by atoms with van der Waals surface area (Å²) in [5, 5.41) is 0. The summed E-state index contributed by atoms with van der Waals surface area (Å²) in [5.41, 5.74) is 5.77. The molecule has 0 aromatic rings. The normalized spacial score (nSPS) is 47.5. The second kappa shape index (κ2) is 2.10. The molecule has 1 saturated carbocycles. The van der Waals surface area contributed by atoms with Crippen molar-refractivity contribution in [2.24, 2.45) is 11.7 Å². The third kappa shape index (κ3) is 0.897. The summed E-state index contributed by atoms with van der Waals surface area (Å²) in [6, 6.07) is 0.491. The van der Waals surface area contributed by atoms with Gasteiger partial charge in [-0.3, -0.25) is 0 Å². The zero-order valence-corrected chi connectivity index (χ0v) is 5.72. The molecule has 2 heteroatoms. The topological polar surface area (TPSA) is 26.0 Å². The Bertz CT molecular complexity index is 74.6. The molecular weight excluding hydrogens is 96.9 g/mol. The van der Waals surface area contributed by atoms with Crippen LogP contribution in [0.4, 0.5) is 0 Å². The van der Waals surface area contributed by atoms with Crippen molar-refractivity contribution in [2.45, 2.75) is 31.6 Å². The van der Waals surface area contributed by atoms with Crippen molar-refractivity contribution >= 4 is 7.85 Å². The quantitative estimate of drug-likeness (QED) is 0.443. The van der Waals surface area contributed by atoms with E-state index in [0.717, 1.165) is 11.7 Å². The lowest BCUT2D eigenvalue weighted by atomic mass is 9.78. The largest absolute Gasteiger partial charge is 0.328 e. The van der Waals surface area contributed by atoms with E-state index in [0.29, 0.717) is 6.04 Å². The molecule has 46 valence electrons. The van der Waals surface area contributed by atoms with Crippen LogP contribution >= 0.6 is 0 Å². The van der Waals surface area contributed by atoms with Crippen LogP contribution in [0.2, 0.25) is 5.82 Å². The second-order valence-electron chi connectivity index (χ2n) is 3.08. The number of rotatable bonds is 0. The SMILES string of the molecule is BC1C(C)CCC1N. The number of hydrogen-bond donors (Lipinski definition) is 1. The molecule has 0 aromatic carbocycles. The summed E-state index contributed by atoms with van der Waals surface area (Å²) in [6.07, 6.45) is 2.57. The van der Waals surface area contributed by atoms with Crippen molar-refractivity contribution in [3.63, 3.8) is 0 Å². The Hall–Kier alpha value is 0.0249. The summed E-state index contributed by atoms with van der Waals surface area (Å²) in [4.78, 5) is 0. The monoisotopic (exact) mass is 111 g/mol. The van der Waals surface area contributed by atoms with Crippen LogP contribution in [0.1, 0.15) is 19.8 Å². The molecule has 0 saturated heterocycles. The van der Waals surface area contributed by atoms with Gasteiger partial charge >= 0.3 is 0 Å². The van der Waals surface area contributed by atoms with Crippen molar-refractivity contribution < 1.29 is 0 Å². The molecule has 1 nitrogen and oxygen atoms in total. The Labute approximate surface area is 52.0 Å². The molecule has 1 rings (SSSR count). The summed E-state index contributed by atoms with van der Waals surface area (Å²) < 4.78 is 0. The molecule has 0 amide bonds. The van der Waals surface area contributed by atoms with E-state index in [1.807, 2.05) is 0 Å². The molecule has 0 spiro atoms. The first-order valence-corrected chi connectivity index (χ1v) is 3.47. The van der Waals surface area contributed by atoms with E-state index in [1.165, 1.54) is 12.8 Å². The molecule has 8 heavy (non-hydrogen) atoms. The van der Waals surface area contributed by atoms with Crippen LogP contribution in [0.5, 0.6) is 0 Å². The summed E-state index contributed by atoms with van der Waals surface area (Å²) in [6.45, 7) is 2.29. The van der Waals surface area contributed by atoms with Crippen molar-refractivity contribution in [3.8, 4) is 0 Å². The van der Waals surface area contributed by atoms with Gasteiger partial charge in [0.2, 0.25) is 0 Å². The van der Waals surface area contributed by atoms with Crippen LogP contribution in [-0.2, 0) is 0 Å². The van der Waals surface area contributed by atoms with Crippen molar-refractivity contribution in [1.82, 2.24) is 0 Å². The maximum Gasteiger partial charge on any atom is 0.107 e. The third-order valence-electron chi connectivity index (χ3n) is 2.53. The molecule has 1 aliphatic carbocycles. The van der Waals surface area contributed by atoms with Crippen molar-refractivity contribution in [2.75, 3.05) is 0 Å². The summed E-state index contributed by atoms with van der Waals surface area (Å²) in [5.74, 6) is 1.62. The average molecular weight is 111 g/mol. The van der Waals surface area contributed by atoms with Gasteiger partial charge in [0.15, 0.2) is 0 Å². The van der Waals surface area contributed by atoms with E-state index in [-0.39, 0.29) is 0 Å². The lowest BCUT2D eigenvalue weighted by molar-refractivity contribution is 0.593. The highest BCUT2D eigenvalue weighted by Gasteiger charge is 2.25. The fourth-order valence-electron chi connectivity index (χ4n) is 1.40. The van der Waals surface area contributed by atoms with Crippen LogP contribution in [0, 0.1) is 5.92 Å². The highest BCUT2D eigenvalue weighted by atomic mass is 14.7. The van der Waals surface area contributed by atoms with Gasteiger partial charge in [-0.2, -0.15) is 0 Å². The van der Waals surface area contributed by atoms with Gasteiger partial charge in [-0.1, -0.05) is 12.7 Å². The van der Waals surface area contributed by atoms with E-state index in [4.69, 9.17) is 5.73 Å². The van der Waals surface area contributed by atoms with E-state index in [2.05, 4.69) is 14.8 Å². The molecule has 1 fully saturated rings. The second-order valence-corrected chi connectivity index (χ2v) is 3.08. The molecule has 0 bridgehead atoms. The maximum atomic E-state index is 5.77. The lowest BCUT2D eigenvalue weighted by Crippen LogP contribution is -2.22. The lowest BCUT2D eigenvalue weighted by Gasteiger charge is -2.11.